The second kappa shape index (κ2) is 6.74. The zero-order valence-corrected chi connectivity index (χ0v) is 14.1. The molecule has 3 heterocycles. The summed E-state index contributed by atoms with van der Waals surface area (Å²) in [5.41, 5.74) is 2.47. The van der Waals surface area contributed by atoms with Crippen LogP contribution in [0.15, 0.2) is 35.4 Å². The minimum absolute atomic E-state index is 0.0693. The van der Waals surface area contributed by atoms with E-state index in [4.69, 9.17) is 4.52 Å². The minimum atomic E-state index is -0.0693. The van der Waals surface area contributed by atoms with E-state index in [0.29, 0.717) is 17.9 Å². The molecule has 0 radical (unpaired) electrons. The lowest BCUT2D eigenvalue weighted by Gasteiger charge is -2.07. The van der Waals surface area contributed by atoms with Crippen molar-refractivity contribution in [3.8, 4) is 5.82 Å². The number of hydrogen-bond donors (Lipinski definition) is 1. The molecule has 24 heavy (non-hydrogen) atoms. The van der Waals surface area contributed by atoms with Crippen LogP contribution in [-0.4, -0.2) is 31.7 Å². The molecule has 0 atom stereocenters. The Labute approximate surface area is 140 Å². The minimum Gasteiger partial charge on any atom is -0.360 e. The van der Waals surface area contributed by atoms with Crippen LogP contribution in [0.4, 0.5) is 0 Å². The van der Waals surface area contributed by atoms with Gasteiger partial charge in [0.2, 0.25) is 0 Å². The maximum absolute atomic E-state index is 12.4. The Kier molecular flexibility index (Phi) is 4.50. The van der Waals surface area contributed by atoms with E-state index in [2.05, 4.69) is 15.5 Å². The number of aryl methyl sites for hydroxylation is 3. The first-order valence-electron chi connectivity index (χ1n) is 7.93. The Morgan fingerprint density at radius 2 is 2.12 bits per heavy atom. The molecule has 3 rings (SSSR count). The fourth-order valence-corrected chi connectivity index (χ4v) is 2.78. The van der Waals surface area contributed by atoms with E-state index in [0.717, 1.165) is 30.1 Å². The molecule has 7 heteroatoms. The van der Waals surface area contributed by atoms with Gasteiger partial charge in [0.15, 0.2) is 5.82 Å². The highest BCUT2D eigenvalue weighted by atomic mass is 16.5. The molecule has 3 aromatic rings. The predicted molar refractivity (Wildman–Crippen MR) is 89.2 cm³/mol. The van der Waals surface area contributed by atoms with Crippen LogP contribution in [-0.2, 0) is 6.54 Å². The normalized spacial score (nSPS) is 11.0. The molecular formula is C17H21N5O2. The molecule has 0 aliphatic carbocycles. The SMILES string of the molecule is Cc1cc(-n2c(C)cc(C(=O)NCCCn3ccnc3)c2C)no1. The summed E-state index contributed by atoms with van der Waals surface area (Å²) < 4.78 is 9.05. The third-order valence-electron chi connectivity index (χ3n) is 3.96. The van der Waals surface area contributed by atoms with E-state index in [1.54, 1.807) is 12.5 Å². The van der Waals surface area contributed by atoms with Gasteiger partial charge >= 0.3 is 0 Å². The number of nitrogens with one attached hydrogen (secondary N) is 1. The molecule has 0 aliphatic heterocycles. The van der Waals surface area contributed by atoms with E-state index >= 15 is 0 Å². The van der Waals surface area contributed by atoms with E-state index in [-0.39, 0.29) is 5.91 Å². The predicted octanol–water partition coefficient (Wildman–Crippen LogP) is 2.41. The fourth-order valence-electron chi connectivity index (χ4n) is 2.78. The van der Waals surface area contributed by atoms with Gasteiger partial charge in [-0.1, -0.05) is 5.16 Å². The van der Waals surface area contributed by atoms with E-state index < -0.39 is 0 Å². The molecule has 1 N–H and O–H groups in total. The van der Waals surface area contributed by atoms with Crippen molar-refractivity contribution in [2.45, 2.75) is 33.7 Å². The summed E-state index contributed by atoms with van der Waals surface area (Å²) in [6.45, 7) is 7.16. The molecule has 0 saturated carbocycles. The monoisotopic (exact) mass is 327 g/mol. The molecule has 0 aromatic carbocycles. The van der Waals surface area contributed by atoms with Crippen LogP contribution in [0.2, 0.25) is 0 Å². The van der Waals surface area contributed by atoms with Crippen molar-refractivity contribution < 1.29 is 9.32 Å². The van der Waals surface area contributed by atoms with Crippen molar-refractivity contribution in [3.05, 3.63) is 53.6 Å². The molecule has 0 bridgehead atoms. The lowest BCUT2D eigenvalue weighted by molar-refractivity contribution is 0.0952. The zero-order chi connectivity index (χ0) is 17.1. The van der Waals surface area contributed by atoms with Crippen LogP contribution >= 0.6 is 0 Å². The summed E-state index contributed by atoms with van der Waals surface area (Å²) in [4.78, 5) is 16.4. The van der Waals surface area contributed by atoms with E-state index in [1.807, 2.05) is 48.2 Å². The van der Waals surface area contributed by atoms with Crippen molar-refractivity contribution in [1.82, 2.24) is 24.6 Å². The van der Waals surface area contributed by atoms with Gasteiger partial charge in [-0.15, -0.1) is 0 Å². The molecule has 0 fully saturated rings. The van der Waals surface area contributed by atoms with Crippen molar-refractivity contribution in [2.75, 3.05) is 6.54 Å². The standard InChI is InChI=1S/C17H21N5O2/c1-12-9-15(14(3)22(12)16-10-13(2)24-20-16)17(23)19-5-4-7-21-8-6-18-11-21/h6,8-11H,4-5,7H2,1-3H3,(H,19,23). The first-order valence-corrected chi connectivity index (χ1v) is 7.93. The highest BCUT2D eigenvalue weighted by Crippen LogP contribution is 2.20. The molecular weight excluding hydrogens is 306 g/mol. The summed E-state index contributed by atoms with van der Waals surface area (Å²) in [5.74, 6) is 1.37. The second-order valence-electron chi connectivity index (χ2n) is 5.83. The van der Waals surface area contributed by atoms with Gasteiger partial charge in [0.05, 0.1) is 11.9 Å². The average molecular weight is 327 g/mol. The van der Waals surface area contributed by atoms with E-state index in [9.17, 15) is 4.79 Å². The van der Waals surface area contributed by atoms with Crippen LogP contribution in [0.3, 0.4) is 0 Å². The molecule has 0 spiro atoms. The Hall–Kier alpha value is -2.83. The molecule has 1 amide bonds. The van der Waals surface area contributed by atoms with E-state index in [1.165, 1.54) is 0 Å². The van der Waals surface area contributed by atoms with Crippen LogP contribution in [0.5, 0.6) is 0 Å². The summed E-state index contributed by atoms with van der Waals surface area (Å²) in [6.07, 6.45) is 6.28. The maximum Gasteiger partial charge on any atom is 0.253 e. The zero-order valence-electron chi connectivity index (χ0n) is 14.1. The largest absolute Gasteiger partial charge is 0.360 e. The van der Waals surface area contributed by atoms with Gasteiger partial charge in [0.1, 0.15) is 5.76 Å². The lowest BCUT2D eigenvalue weighted by atomic mass is 10.2. The highest BCUT2D eigenvalue weighted by molar-refractivity contribution is 5.95. The first-order chi connectivity index (χ1) is 11.6. The van der Waals surface area contributed by atoms with Gasteiger partial charge in [0.25, 0.3) is 5.91 Å². The highest BCUT2D eigenvalue weighted by Gasteiger charge is 2.18. The lowest BCUT2D eigenvalue weighted by Crippen LogP contribution is -2.25. The Balaban J connectivity index is 1.65. The summed E-state index contributed by atoms with van der Waals surface area (Å²) in [7, 11) is 0. The Bertz CT molecular complexity index is 829. The molecule has 0 unspecified atom stereocenters. The van der Waals surface area contributed by atoms with Gasteiger partial charge in [-0.25, -0.2) is 4.98 Å². The molecule has 126 valence electrons. The molecule has 3 aromatic heterocycles. The number of imidazole rings is 1. The van der Waals surface area contributed by atoms with Gasteiger partial charge in [0, 0.05) is 42.9 Å². The third-order valence-corrected chi connectivity index (χ3v) is 3.96. The van der Waals surface area contributed by atoms with Gasteiger partial charge < -0.3 is 14.4 Å². The smallest absolute Gasteiger partial charge is 0.253 e. The van der Waals surface area contributed by atoms with Crippen LogP contribution in [0.25, 0.3) is 5.82 Å². The average Bonchev–Trinajstić information content (AvgIpc) is 3.25. The number of hydrogen-bond acceptors (Lipinski definition) is 4. The topological polar surface area (TPSA) is 77.9 Å². The van der Waals surface area contributed by atoms with Crippen LogP contribution < -0.4 is 5.32 Å². The number of carbonyl (C=O) groups is 1. The fraction of sp³-hybridized carbons (Fsp3) is 0.353. The van der Waals surface area contributed by atoms with Gasteiger partial charge in [-0.05, 0) is 33.3 Å². The molecule has 0 aliphatic rings. The van der Waals surface area contributed by atoms with Gasteiger partial charge in [-0.3, -0.25) is 9.36 Å². The third kappa shape index (κ3) is 3.24. The summed E-state index contributed by atoms with van der Waals surface area (Å²) in [5, 5.41) is 7.00. The Morgan fingerprint density at radius 1 is 1.29 bits per heavy atom. The van der Waals surface area contributed by atoms with Crippen molar-refractivity contribution in [1.29, 1.82) is 0 Å². The number of rotatable bonds is 6. The van der Waals surface area contributed by atoms with Crippen molar-refractivity contribution in [3.63, 3.8) is 0 Å². The van der Waals surface area contributed by atoms with Crippen molar-refractivity contribution in [2.24, 2.45) is 0 Å². The number of carbonyl (C=O) groups excluding carboxylic acids is 1. The second-order valence-corrected chi connectivity index (χ2v) is 5.83. The van der Waals surface area contributed by atoms with Crippen molar-refractivity contribution >= 4 is 5.91 Å². The van der Waals surface area contributed by atoms with Crippen LogP contribution in [0.1, 0.15) is 33.9 Å². The first kappa shape index (κ1) is 16.0. The van der Waals surface area contributed by atoms with Crippen LogP contribution in [0, 0.1) is 20.8 Å². The summed E-state index contributed by atoms with van der Waals surface area (Å²) >= 11 is 0. The van der Waals surface area contributed by atoms with Gasteiger partial charge in [-0.2, -0.15) is 0 Å². The molecule has 0 saturated heterocycles. The quantitative estimate of drug-likeness (QED) is 0.705. The number of amides is 1. The maximum atomic E-state index is 12.4. The number of aromatic nitrogens is 4. The molecule has 7 nitrogen and oxygen atoms in total. The summed E-state index contributed by atoms with van der Waals surface area (Å²) in [6, 6.07) is 3.73. The number of nitrogens with zero attached hydrogens (tertiary/aromatic N) is 4. The Morgan fingerprint density at radius 3 is 2.79 bits per heavy atom.